The van der Waals surface area contributed by atoms with E-state index in [0.29, 0.717) is 0 Å². The van der Waals surface area contributed by atoms with Crippen LogP contribution in [0, 0.1) is 11.5 Å². The van der Waals surface area contributed by atoms with E-state index in [-0.39, 0.29) is 0 Å². The van der Waals surface area contributed by atoms with Gasteiger partial charge in [0.1, 0.15) is 8.07 Å². The van der Waals surface area contributed by atoms with Crippen LogP contribution >= 0.6 is 0 Å². The van der Waals surface area contributed by atoms with Gasteiger partial charge in [-0.25, -0.2) is 0 Å². The van der Waals surface area contributed by atoms with E-state index in [1.165, 1.54) is 37.9 Å². The van der Waals surface area contributed by atoms with Crippen LogP contribution in [-0.4, -0.2) is 32.3 Å². The van der Waals surface area contributed by atoms with Gasteiger partial charge in [0.25, 0.3) is 0 Å². The predicted octanol–water partition coefficient (Wildman–Crippen LogP) is 7.45. The van der Waals surface area contributed by atoms with Gasteiger partial charge in [-0.05, 0) is 38.4 Å². The summed E-state index contributed by atoms with van der Waals surface area (Å²) < 4.78 is 0. The maximum absolute atomic E-state index is 3.69. The van der Waals surface area contributed by atoms with Gasteiger partial charge in [-0.3, -0.25) is 0 Å². The molecule has 0 unspecified atom stereocenters. The van der Waals surface area contributed by atoms with Crippen molar-refractivity contribution < 1.29 is 0 Å². The fourth-order valence-electron chi connectivity index (χ4n) is 5.21. The minimum absolute atomic E-state index is 1.25. The minimum atomic E-state index is -1.57. The predicted molar refractivity (Wildman–Crippen MR) is 169 cm³/mol. The third-order valence-corrected chi connectivity index (χ3v) is 13.9. The molecular formula is C30H42Si4. The topological polar surface area (TPSA) is 0 Å². The van der Waals surface area contributed by atoms with Crippen molar-refractivity contribution in [3.63, 3.8) is 0 Å². The molecule has 0 aliphatic carbocycles. The Labute approximate surface area is 211 Å². The van der Waals surface area contributed by atoms with Gasteiger partial charge >= 0.3 is 0 Å². The first-order valence-electron chi connectivity index (χ1n) is 12.7. The maximum Gasteiger partial charge on any atom is 0.129 e. The molecule has 0 aliphatic rings. The molecule has 0 atom stereocenters. The van der Waals surface area contributed by atoms with Gasteiger partial charge in [0.15, 0.2) is 0 Å². The third-order valence-electron chi connectivity index (χ3n) is 6.89. The maximum atomic E-state index is 3.69. The summed E-state index contributed by atoms with van der Waals surface area (Å²) >= 11 is 0. The van der Waals surface area contributed by atoms with Crippen LogP contribution in [0.4, 0.5) is 0 Å². The van der Waals surface area contributed by atoms with Crippen LogP contribution in [0.25, 0.3) is 32.3 Å². The molecule has 0 amide bonds. The van der Waals surface area contributed by atoms with Gasteiger partial charge < -0.3 is 0 Å². The van der Waals surface area contributed by atoms with Crippen molar-refractivity contribution in [2.75, 3.05) is 0 Å². The molecular weight excluding hydrogens is 473 g/mol. The van der Waals surface area contributed by atoms with Gasteiger partial charge in [0.2, 0.25) is 0 Å². The SMILES string of the molecule is C[Si](C)(C)C#Cc1cc([Si](C)(C)C)c2ccc3c([Si](C)(C)C)cc([Si](C)(C)C)c4ccc1c2c43. The average molecular weight is 515 g/mol. The van der Waals surface area contributed by atoms with Crippen LogP contribution in [0.2, 0.25) is 78.6 Å². The summed E-state index contributed by atoms with van der Waals surface area (Å²) in [6, 6.07) is 14.8. The van der Waals surface area contributed by atoms with E-state index in [0.717, 1.165) is 0 Å². The van der Waals surface area contributed by atoms with Gasteiger partial charge in [-0.15, -0.1) is 5.54 Å². The highest BCUT2D eigenvalue weighted by atomic mass is 28.3. The van der Waals surface area contributed by atoms with E-state index in [4.69, 9.17) is 0 Å². The molecule has 0 aliphatic heterocycles. The van der Waals surface area contributed by atoms with Crippen molar-refractivity contribution in [2.24, 2.45) is 0 Å². The summed E-state index contributed by atoms with van der Waals surface area (Å²) in [6.07, 6.45) is 0. The molecule has 0 aromatic heterocycles. The Morgan fingerprint density at radius 1 is 0.471 bits per heavy atom. The average Bonchev–Trinajstić information content (AvgIpc) is 2.66. The van der Waals surface area contributed by atoms with Crippen molar-refractivity contribution in [3.8, 4) is 11.5 Å². The highest BCUT2D eigenvalue weighted by Crippen LogP contribution is 2.36. The zero-order chi connectivity index (χ0) is 25.4. The summed E-state index contributed by atoms with van der Waals surface area (Å²) in [5, 5.41) is 13.6. The first-order chi connectivity index (χ1) is 15.4. The summed E-state index contributed by atoms with van der Waals surface area (Å²) in [5.74, 6) is 3.69. The summed E-state index contributed by atoms with van der Waals surface area (Å²) in [5.41, 5.74) is 4.93. The lowest BCUT2D eigenvalue weighted by atomic mass is 9.92. The lowest BCUT2D eigenvalue weighted by molar-refractivity contribution is 1.69. The Bertz CT molecular complexity index is 1440. The highest BCUT2D eigenvalue weighted by molar-refractivity contribution is 6.94. The Balaban J connectivity index is 2.33. The quantitative estimate of drug-likeness (QED) is 0.151. The Morgan fingerprint density at radius 2 is 0.824 bits per heavy atom. The van der Waals surface area contributed by atoms with E-state index < -0.39 is 32.3 Å². The Morgan fingerprint density at radius 3 is 1.21 bits per heavy atom. The molecule has 0 heterocycles. The molecule has 4 heteroatoms. The first kappa shape index (κ1) is 25.4. The van der Waals surface area contributed by atoms with E-state index in [9.17, 15) is 0 Å². The van der Waals surface area contributed by atoms with Gasteiger partial charge in [0.05, 0.1) is 24.2 Å². The van der Waals surface area contributed by atoms with Crippen LogP contribution in [0.1, 0.15) is 5.56 Å². The number of rotatable bonds is 3. The molecule has 0 radical (unpaired) electrons. The first-order valence-corrected chi connectivity index (χ1v) is 26.7. The largest absolute Gasteiger partial charge is 0.129 e. The summed E-state index contributed by atoms with van der Waals surface area (Å²) in [6.45, 7) is 29.5. The fourth-order valence-corrected chi connectivity index (χ4v) is 10.6. The molecule has 178 valence electrons. The van der Waals surface area contributed by atoms with Gasteiger partial charge in [-0.2, -0.15) is 0 Å². The molecule has 4 rings (SSSR count). The molecule has 0 nitrogen and oxygen atoms in total. The molecule has 4 aromatic rings. The van der Waals surface area contributed by atoms with Crippen molar-refractivity contribution in [2.45, 2.75) is 78.6 Å². The number of benzene rings is 4. The van der Waals surface area contributed by atoms with Crippen LogP contribution < -0.4 is 15.6 Å². The lowest BCUT2D eigenvalue weighted by Gasteiger charge is -2.29. The van der Waals surface area contributed by atoms with Gasteiger partial charge in [0, 0.05) is 5.56 Å². The van der Waals surface area contributed by atoms with E-state index in [1.807, 2.05) is 0 Å². The monoisotopic (exact) mass is 514 g/mol. The van der Waals surface area contributed by atoms with Crippen LogP contribution in [-0.2, 0) is 0 Å². The fraction of sp³-hybridized carbons (Fsp3) is 0.400. The van der Waals surface area contributed by atoms with E-state index in [2.05, 4.69) is 126 Å². The van der Waals surface area contributed by atoms with Crippen molar-refractivity contribution in [3.05, 3.63) is 42.0 Å². The molecule has 0 saturated heterocycles. The van der Waals surface area contributed by atoms with Gasteiger partial charge in [-0.1, -0.05) is 130 Å². The van der Waals surface area contributed by atoms with Crippen LogP contribution in [0.5, 0.6) is 0 Å². The molecule has 0 bridgehead atoms. The molecule has 0 saturated carbocycles. The van der Waals surface area contributed by atoms with E-state index in [1.54, 1.807) is 15.6 Å². The summed E-state index contributed by atoms with van der Waals surface area (Å²) in [7, 11) is -6.11. The number of hydrogen-bond donors (Lipinski definition) is 0. The minimum Gasteiger partial charge on any atom is -0.127 e. The van der Waals surface area contributed by atoms with Crippen LogP contribution in [0.3, 0.4) is 0 Å². The molecule has 0 N–H and O–H groups in total. The van der Waals surface area contributed by atoms with Crippen molar-refractivity contribution in [1.82, 2.24) is 0 Å². The molecule has 4 aromatic carbocycles. The smallest absolute Gasteiger partial charge is 0.127 e. The zero-order valence-electron chi connectivity index (χ0n) is 23.5. The standard InChI is InChI=1S/C30H42Si4/c1-31(2,3)18-17-21-19-26(32(4,5)6)23-15-16-25-28(34(10,11)12)20-27(33(7,8)9)24-14-13-22(21)29(23)30(24)25/h13-16,19-20H,1-12H3. The third kappa shape index (κ3) is 4.48. The lowest BCUT2D eigenvalue weighted by Crippen LogP contribution is -2.46. The number of hydrogen-bond acceptors (Lipinski definition) is 0. The van der Waals surface area contributed by atoms with E-state index >= 15 is 0 Å². The molecule has 34 heavy (non-hydrogen) atoms. The highest BCUT2D eigenvalue weighted by Gasteiger charge is 2.29. The second-order valence-corrected chi connectivity index (χ2v) is 34.1. The second kappa shape index (κ2) is 7.93. The molecule has 0 spiro atoms. The Hall–Kier alpha value is -1.65. The van der Waals surface area contributed by atoms with Crippen LogP contribution in [0.15, 0.2) is 36.4 Å². The van der Waals surface area contributed by atoms with Crippen molar-refractivity contribution in [1.29, 1.82) is 0 Å². The zero-order valence-corrected chi connectivity index (χ0v) is 27.5. The summed E-state index contributed by atoms with van der Waals surface area (Å²) in [4.78, 5) is 0. The molecule has 0 fully saturated rings. The van der Waals surface area contributed by atoms with Crippen molar-refractivity contribution >= 4 is 80.2 Å². The second-order valence-electron chi connectivity index (χ2n) is 14.3. The Kier molecular flexibility index (Phi) is 5.93. The normalized spacial score (nSPS) is 13.6.